The van der Waals surface area contributed by atoms with E-state index in [-0.39, 0.29) is 5.92 Å². The number of ether oxygens (including phenoxy) is 1. The maximum absolute atomic E-state index is 11.9. The SMILES string of the molecule is C#CC[C@@H]1CCN(C(=O)OC(C)(C)C)[C@@H]1C(=O)O. The second kappa shape index (κ2) is 5.30. The average molecular weight is 253 g/mol. The topological polar surface area (TPSA) is 66.8 Å². The Morgan fingerprint density at radius 2 is 2.11 bits per heavy atom. The number of nitrogens with zero attached hydrogens (tertiary/aromatic N) is 1. The number of likely N-dealkylation sites (tertiary alicyclic amines) is 1. The van der Waals surface area contributed by atoms with Crippen LogP contribution >= 0.6 is 0 Å². The Morgan fingerprint density at radius 3 is 2.56 bits per heavy atom. The summed E-state index contributed by atoms with van der Waals surface area (Å²) in [4.78, 5) is 24.4. The van der Waals surface area contributed by atoms with E-state index in [0.717, 1.165) is 0 Å². The van der Waals surface area contributed by atoms with Crippen LogP contribution in [0.4, 0.5) is 4.79 Å². The molecule has 0 aromatic rings. The highest BCUT2D eigenvalue weighted by molar-refractivity contribution is 5.81. The zero-order valence-corrected chi connectivity index (χ0v) is 11.0. The van der Waals surface area contributed by atoms with E-state index in [1.807, 2.05) is 0 Å². The van der Waals surface area contributed by atoms with Gasteiger partial charge in [-0.2, -0.15) is 0 Å². The quantitative estimate of drug-likeness (QED) is 0.761. The van der Waals surface area contributed by atoms with E-state index in [9.17, 15) is 14.7 Å². The van der Waals surface area contributed by atoms with Gasteiger partial charge in [0, 0.05) is 18.9 Å². The number of amides is 1. The number of carbonyl (C=O) groups excluding carboxylic acids is 1. The molecule has 1 fully saturated rings. The number of terminal acetylenes is 1. The lowest BCUT2D eigenvalue weighted by atomic mass is 9.97. The summed E-state index contributed by atoms with van der Waals surface area (Å²) in [5.41, 5.74) is -0.635. The van der Waals surface area contributed by atoms with E-state index >= 15 is 0 Å². The summed E-state index contributed by atoms with van der Waals surface area (Å²) in [6.07, 6.45) is 5.58. The van der Waals surface area contributed by atoms with Crippen molar-refractivity contribution in [2.24, 2.45) is 5.92 Å². The van der Waals surface area contributed by atoms with E-state index < -0.39 is 23.7 Å². The zero-order valence-electron chi connectivity index (χ0n) is 11.0. The standard InChI is InChI=1S/C13H19NO4/c1-5-6-9-7-8-14(10(9)11(15)16)12(17)18-13(2,3)4/h1,9-10H,6-8H2,2-4H3,(H,15,16)/t9-,10+/m1/s1. The molecule has 18 heavy (non-hydrogen) atoms. The highest BCUT2D eigenvalue weighted by atomic mass is 16.6. The van der Waals surface area contributed by atoms with Crippen LogP contribution in [0.25, 0.3) is 0 Å². The van der Waals surface area contributed by atoms with Crippen molar-refractivity contribution in [1.29, 1.82) is 0 Å². The monoisotopic (exact) mass is 253 g/mol. The first-order chi connectivity index (χ1) is 8.26. The molecular weight excluding hydrogens is 234 g/mol. The van der Waals surface area contributed by atoms with Gasteiger partial charge >= 0.3 is 12.1 Å². The first kappa shape index (κ1) is 14.4. The minimum absolute atomic E-state index is 0.194. The van der Waals surface area contributed by atoms with Crippen molar-refractivity contribution in [1.82, 2.24) is 4.90 Å². The Morgan fingerprint density at radius 1 is 1.50 bits per heavy atom. The Labute approximate surface area is 107 Å². The summed E-state index contributed by atoms with van der Waals surface area (Å²) in [5, 5.41) is 9.21. The number of rotatable bonds is 2. The molecule has 5 heteroatoms. The number of carbonyl (C=O) groups is 2. The maximum Gasteiger partial charge on any atom is 0.411 e. The summed E-state index contributed by atoms with van der Waals surface area (Å²) in [6.45, 7) is 5.61. The molecule has 1 N–H and O–H groups in total. The van der Waals surface area contributed by atoms with Crippen molar-refractivity contribution >= 4 is 12.1 Å². The largest absolute Gasteiger partial charge is 0.480 e. The molecule has 0 aromatic heterocycles. The minimum Gasteiger partial charge on any atom is -0.480 e. The molecule has 0 radical (unpaired) electrons. The number of carboxylic acid groups (broad SMARTS) is 1. The molecule has 1 rings (SSSR count). The van der Waals surface area contributed by atoms with Gasteiger partial charge in [0.1, 0.15) is 11.6 Å². The van der Waals surface area contributed by atoms with Gasteiger partial charge in [-0.15, -0.1) is 12.3 Å². The van der Waals surface area contributed by atoms with E-state index in [1.165, 1.54) is 4.90 Å². The molecule has 0 aliphatic carbocycles. The van der Waals surface area contributed by atoms with Crippen LogP contribution in [0.3, 0.4) is 0 Å². The second-order valence-corrected chi connectivity index (χ2v) is 5.41. The van der Waals surface area contributed by atoms with Crippen LogP contribution < -0.4 is 0 Å². The summed E-state index contributed by atoms with van der Waals surface area (Å²) in [6, 6.07) is -0.879. The van der Waals surface area contributed by atoms with Gasteiger partial charge < -0.3 is 9.84 Å². The molecule has 1 heterocycles. The van der Waals surface area contributed by atoms with E-state index in [1.54, 1.807) is 20.8 Å². The third-order valence-electron chi connectivity index (χ3n) is 2.78. The number of aliphatic carboxylic acids is 1. The van der Waals surface area contributed by atoms with E-state index in [4.69, 9.17) is 11.2 Å². The molecule has 0 unspecified atom stereocenters. The fraction of sp³-hybridized carbons (Fsp3) is 0.692. The van der Waals surface area contributed by atoms with Crippen molar-refractivity contribution in [2.45, 2.75) is 45.3 Å². The predicted octanol–water partition coefficient (Wildman–Crippen LogP) is 1.72. The van der Waals surface area contributed by atoms with Crippen molar-refractivity contribution in [2.75, 3.05) is 6.54 Å². The number of carboxylic acids is 1. The molecule has 0 saturated carbocycles. The minimum atomic E-state index is -1.03. The predicted molar refractivity (Wildman–Crippen MR) is 65.9 cm³/mol. The fourth-order valence-electron chi connectivity index (χ4n) is 2.08. The fourth-order valence-corrected chi connectivity index (χ4v) is 2.08. The van der Waals surface area contributed by atoms with Gasteiger partial charge in [0.2, 0.25) is 0 Å². The lowest BCUT2D eigenvalue weighted by molar-refractivity contribution is -0.143. The van der Waals surface area contributed by atoms with Gasteiger partial charge in [-0.3, -0.25) is 4.90 Å². The number of hydrogen-bond acceptors (Lipinski definition) is 3. The molecule has 0 aromatic carbocycles. The van der Waals surface area contributed by atoms with Crippen molar-refractivity contribution in [3.8, 4) is 12.3 Å². The maximum atomic E-state index is 11.9. The van der Waals surface area contributed by atoms with Gasteiger partial charge in [0.25, 0.3) is 0 Å². The lowest BCUT2D eigenvalue weighted by Crippen LogP contribution is -2.45. The molecule has 1 aliphatic heterocycles. The van der Waals surface area contributed by atoms with Gasteiger partial charge in [-0.05, 0) is 27.2 Å². The lowest BCUT2D eigenvalue weighted by Gasteiger charge is -2.28. The Kier molecular flexibility index (Phi) is 4.23. The van der Waals surface area contributed by atoms with Crippen LogP contribution in [-0.2, 0) is 9.53 Å². The highest BCUT2D eigenvalue weighted by Crippen LogP contribution is 2.28. The van der Waals surface area contributed by atoms with Crippen LogP contribution in [0.5, 0.6) is 0 Å². The van der Waals surface area contributed by atoms with E-state index in [2.05, 4.69) is 5.92 Å². The van der Waals surface area contributed by atoms with Crippen molar-refractivity contribution < 1.29 is 19.4 Å². The molecule has 1 amide bonds. The van der Waals surface area contributed by atoms with E-state index in [0.29, 0.717) is 19.4 Å². The zero-order chi connectivity index (χ0) is 13.9. The summed E-state index contributed by atoms with van der Waals surface area (Å²) in [5.74, 6) is 1.24. The molecule has 1 saturated heterocycles. The van der Waals surface area contributed by atoms with Gasteiger partial charge in [0.05, 0.1) is 0 Å². The van der Waals surface area contributed by atoms with Gasteiger partial charge in [-0.25, -0.2) is 9.59 Å². The van der Waals surface area contributed by atoms with Crippen LogP contribution in [0.15, 0.2) is 0 Å². The Hall–Kier alpha value is -1.70. The normalized spacial score (nSPS) is 23.6. The average Bonchev–Trinajstić information content (AvgIpc) is 2.59. The smallest absolute Gasteiger partial charge is 0.411 e. The molecule has 100 valence electrons. The number of hydrogen-bond donors (Lipinski definition) is 1. The second-order valence-electron chi connectivity index (χ2n) is 5.41. The molecule has 0 bridgehead atoms. The molecular formula is C13H19NO4. The van der Waals surface area contributed by atoms with Crippen molar-refractivity contribution in [3.63, 3.8) is 0 Å². The van der Waals surface area contributed by atoms with Gasteiger partial charge in [0.15, 0.2) is 0 Å². The van der Waals surface area contributed by atoms with Crippen molar-refractivity contribution in [3.05, 3.63) is 0 Å². The summed E-state index contributed by atoms with van der Waals surface area (Å²) >= 11 is 0. The van der Waals surface area contributed by atoms with Crippen LogP contribution in [0.2, 0.25) is 0 Å². The first-order valence-corrected chi connectivity index (χ1v) is 5.92. The third-order valence-corrected chi connectivity index (χ3v) is 2.78. The van der Waals surface area contributed by atoms with Gasteiger partial charge in [-0.1, -0.05) is 0 Å². The Bertz CT molecular complexity index is 377. The van der Waals surface area contributed by atoms with Crippen LogP contribution in [-0.4, -0.2) is 40.3 Å². The first-order valence-electron chi connectivity index (χ1n) is 5.92. The third kappa shape index (κ3) is 3.39. The molecule has 0 spiro atoms. The van der Waals surface area contributed by atoms with Crippen LogP contribution in [0.1, 0.15) is 33.6 Å². The molecule has 2 atom stereocenters. The molecule has 5 nitrogen and oxygen atoms in total. The van der Waals surface area contributed by atoms with Crippen LogP contribution in [0, 0.1) is 18.3 Å². The summed E-state index contributed by atoms with van der Waals surface area (Å²) in [7, 11) is 0. The highest BCUT2D eigenvalue weighted by Gasteiger charge is 2.43. The Balaban J connectivity index is 2.80. The molecule has 1 aliphatic rings. The summed E-state index contributed by atoms with van der Waals surface area (Å²) < 4.78 is 5.20.